The van der Waals surface area contributed by atoms with E-state index in [0.29, 0.717) is 23.7 Å². The zero-order chi connectivity index (χ0) is 23.4. The molecule has 2 aromatic rings. The number of esters is 1. The summed E-state index contributed by atoms with van der Waals surface area (Å²) in [7, 11) is 0. The van der Waals surface area contributed by atoms with Crippen molar-refractivity contribution in [3.05, 3.63) is 21.8 Å². The SMILES string of the molecule is CCOC(=O)c1c(NC(=O)CSc2nnc(C(C)C)n2CC2CCCO2)sc2c1CCCC2. The van der Waals surface area contributed by atoms with E-state index in [1.54, 1.807) is 6.92 Å². The number of hydrogen-bond acceptors (Lipinski definition) is 8. The van der Waals surface area contributed by atoms with Crippen LogP contribution >= 0.6 is 23.1 Å². The van der Waals surface area contributed by atoms with Crippen LogP contribution in [0, 0.1) is 0 Å². The summed E-state index contributed by atoms with van der Waals surface area (Å²) in [4.78, 5) is 26.7. The zero-order valence-corrected chi connectivity index (χ0v) is 21.1. The van der Waals surface area contributed by atoms with Crippen LogP contribution in [0.1, 0.15) is 79.0 Å². The molecule has 0 spiro atoms. The van der Waals surface area contributed by atoms with Crippen LogP contribution in [0.4, 0.5) is 5.00 Å². The number of thioether (sulfide) groups is 1. The molecule has 1 unspecified atom stereocenters. The molecule has 0 radical (unpaired) electrons. The lowest BCUT2D eigenvalue weighted by atomic mass is 9.95. The molecule has 33 heavy (non-hydrogen) atoms. The number of nitrogens with one attached hydrogen (secondary N) is 1. The highest BCUT2D eigenvalue weighted by Crippen LogP contribution is 2.38. The number of thiophene rings is 1. The van der Waals surface area contributed by atoms with Crippen molar-refractivity contribution in [3.8, 4) is 0 Å². The first-order valence-corrected chi connectivity index (χ1v) is 13.6. The number of anilines is 1. The quantitative estimate of drug-likeness (QED) is 0.409. The molecule has 1 aliphatic heterocycles. The minimum absolute atomic E-state index is 0.163. The highest BCUT2D eigenvalue weighted by atomic mass is 32.2. The highest BCUT2D eigenvalue weighted by Gasteiger charge is 2.28. The Balaban J connectivity index is 1.46. The average Bonchev–Trinajstić information content (AvgIpc) is 3.51. The van der Waals surface area contributed by atoms with Gasteiger partial charge < -0.3 is 19.4 Å². The lowest BCUT2D eigenvalue weighted by molar-refractivity contribution is -0.113. The van der Waals surface area contributed by atoms with Crippen molar-refractivity contribution in [1.29, 1.82) is 0 Å². The number of fused-ring (bicyclic) bond motifs is 1. The van der Waals surface area contributed by atoms with Crippen LogP contribution < -0.4 is 5.32 Å². The maximum Gasteiger partial charge on any atom is 0.341 e. The van der Waals surface area contributed by atoms with Gasteiger partial charge in [0.25, 0.3) is 0 Å². The fraction of sp³-hybridized carbons (Fsp3) is 0.652. The van der Waals surface area contributed by atoms with Crippen LogP contribution in [-0.2, 0) is 33.7 Å². The second kappa shape index (κ2) is 11.0. The van der Waals surface area contributed by atoms with Crippen molar-refractivity contribution < 1.29 is 19.1 Å². The van der Waals surface area contributed by atoms with Gasteiger partial charge in [-0.1, -0.05) is 25.6 Å². The van der Waals surface area contributed by atoms with Gasteiger partial charge in [0.1, 0.15) is 10.8 Å². The number of aromatic nitrogens is 3. The van der Waals surface area contributed by atoms with Crippen LogP contribution in [-0.4, -0.2) is 51.7 Å². The Hall–Kier alpha value is -1.91. The lowest BCUT2D eigenvalue weighted by Crippen LogP contribution is -2.20. The number of carbonyl (C=O) groups excluding carboxylic acids is 2. The first kappa shape index (κ1) is 24.2. The molecule has 1 fully saturated rings. The van der Waals surface area contributed by atoms with Gasteiger partial charge in [-0.3, -0.25) is 4.79 Å². The molecular weight excluding hydrogens is 460 g/mol. The van der Waals surface area contributed by atoms with Crippen LogP contribution in [0.15, 0.2) is 5.16 Å². The minimum atomic E-state index is -0.349. The number of amides is 1. The smallest absolute Gasteiger partial charge is 0.341 e. The monoisotopic (exact) mass is 492 g/mol. The summed E-state index contributed by atoms with van der Waals surface area (Å²) in [5, 5.41) is 13.0. The fourth-order valence-electron chi connectivity index (χ4n) is 4.36. The number of hydrogen-bond donors (Lipinski definition) is 1. The molecule has 180 valence electrons. The summed E-state index contributed by atoms with van der Waals surface area (Å²) >= 11 is 2.87. The van der Waals surface area contributed by atoms with Crippen LogP contribution in [0.2, 0.25) is 0 Å². The summed E-state index contributed by atoms with van der Waals surface area (Å²) in [5.41, 5.74) is 1.59. The van der Waals surface area contributed by atoms with Gasteiger partial charge in [0, 0.05) is 17.4 Å². The molecule has 0 aromatic carbocycles. The Labute approximate surface area is 202 Å². The van der Waals surface area contributed by atoms with E-state index in [9.17, 15) is 9.59 Å². The van der Waals surface area contributed by atoms with Gasteiger partial charge in [-0.25, -0.2) is 4.79 Å². The van der Waals surface area contributed by atoms with Gasteiger partial charge in [-0.2, -0.15) is 0 Å². The molecule has 2 aliphatic rings. The van der Waals surface area contributed by atoms with E-state index < -0.39 is 0 Å². The molecule has 3 heterocycles. The molecule has 0 saturated carbocycles. The lowest BCUT2D eigenvalue weighted by Gasteiger charge is -2.16. The highest BCUT2D eigenvalue weighted by molar-refractivity contribution is 7.99. The number of rotatable bonds is 9. The summed E-state index contributed by atoms with van der Waals surface area (Å²) in [6, 6.07) is 0. The molecular formula is C23H32N4O4S2. The van der Waals surface area contributed by atoms with Crippen molar-refractivity contribution >= 4 is 40.0 Å². The summed E-state index contributed by atoms with van der Waals surface area (Å²) in [6.07, 6.45) is 6.23. The predicted molar refractivity (Wildman–Crippen MR) is 129 cm³/mol. The van der Waals surface area contributed by atoms with Gasteiger partial charge in [-0.05, 0) is 51.0 Å². The third kappa shape index (κ3) is 5.60. The van der Waals surface area contributed by atoms with Gasteiger partial charge in [0.2, 0.25) is 5.91 Å². The fourth-order valence-corrected chi connectivity index (χ4v) is 6.41. The molecule has 10 heteroatoms. The van der Waals surface area contributed by atoms with Crippen molar-refractivity contribution in [2.75, 3.05) is 24.3 Å². The number of nitrogens with zero attached hydrogens (tertiary/aromatic N) is 3. The summed E-state index contributed by atoms with van der Waals surface area (Å²) in [6.45, 7) is 7.78. The van der Waals surface area contributed by atoms with Gasteiger partial charge in [0.15, 0.2) is 5.16 Å². The second-order valence-corrected chi connectivity index (χ2v) is 10.8. The Morgan fingerprint density at radius 1 is 1.27 bits per heavy atom. The van der Waals surface area contributed by atoms with E-state index in [1.807, 2.05) is 0 Å². The van der Waals surface area contributed by atoms with E-state index in [1.165, 1.54) is 28.0 Å². The third-order valence-electron chi connectivity index (χ3n) is 5.91. The average molecular weight is 493 g/mol. The van der Waals surface area contributed by atoms with E-state index >= 15 is 0 Å². The summed E-state index contributed by atoms with van der Waals surface area (Å²) in [5.74, 6) is 0.808. The zero-order valence-electron chi connectivity index (χ0n) is 19.5. The largest absolute Gasteiger partial charge is 0.462 e. The normalized spacial score (nSPS) is 17.9. The van der Waals surface area contributed by atoms with E-state index in [0.717, 1.165) is 61.7 Å². The summed E-state index contributed by atoms with van der Waals surface area (Å²) < 4.78 is 13.2. The maximum absolute atomic E-state index is 12.9. The molecule has 1 amide bonds. The standard InChI is InChI=1S/C23H32N4O4S2/c1-4-30-22(29)19-16-9-5-6-10-17(16)33-21(19)24-18(28)13-32-23-26-25-20(14(2)3)27(23)12-15-8-7-11-31-15/h14-15H,4-13H2,1-3H3,(H,24,28). The maximum atomic E-state index is 12.9. The number of carbonyl (C=O) groups is 2. The van der Waals surface area contributed by atoms with Crippen molar-refractivity contribution in [1.82, 2.24) is 14.8 Å². The predicted octanol–water partition coefficient (Wildman–Crippen LogP) is 4.43. The van der Waals surface area contributed by atoms with Gasteiger partial charge in [-0.15, -0.1) is 21.5 Å². The molecule has 4 rings (SSSR count). The Morgan fingerprint density at radius 3 is 2.82 bits per heavy atom. The second-order valence-electron chi connectivity index (χ2n) is 8.71. The molecule has 0 bridgehead atoms. The Kier molecular flexibility index (Phi) is 8.08. The van der Waals surface area contributed by atoms with E-state index in [4.69, 9.17) is 9.47 Å². The molecule has 8 nitrogen and oxygen atoms in total. The first-order valence-electron chi connectivity index (χ1n) is 11.8. The van der Waals surface area contributed by atoms with Gasteiger partial charge in [0.05, 0.1) is 30.6 Å². The topological polar surface area (TPSA) is 95.3 Å². The Bertz CT molecular complexity index is 995. The molecule has 1 aliphatic carbocycles. The molecule has 1 N–H and O–H groups in total. The van der Waals surface area contributed by atoms with E-state index in [-0.39, 0.29) is 29.7 Å². The van der Waals surface area contributed by atoms with Crippen molar-refractivity contribution in [2.24, 2.45) is 0 Å². The van der Waals surface area contributed by atoms with Crippen molar-refractivity contribution in [3.63, 3.8) is 0 Å². The third-order valence-corrected chi connectivity index (χ3v) is 8.08. The number of aryl methyl sites for hydroxylation is 1. The molecule has 1 atom stereocenters. The first-order chi connectivity index (χ1) is 16.0. The van der Waals surface area contributed by atoms with Crippen LogP contribution in [0.5, 0.6) is 0 Å². The van der Waals surface area contributed by atoms with E-state index in [2.05, 4.69) is 33.9 Å². The minimum Gasteiger partial charge on any atom is -0.462 e. The molecule has 2 aromatic heterocycles. The number of ether oxygens (including phenoxy) is 2. The van der Waals surface area contributed by atoms with Gasteiger partial charge >= 0.3 is 5.97 Å². The van der Waals surface area contributed by atoms with Crippen LogP contribution in [0.3, 0.4) is 0 Å². The van der Waals surface area contributed by atoms with Crippen LogP contribution in [0.25, 0.3) is 0 Å². The van der Waals surface area contributed by atoms with Crippen molar-refractivity contribution in [2.45, 2.75) is 83.0 Å². The Morgan fingerprint density at radius 2 is 2.09 bits per heavy atom. The molecule has 1 saturated heterocycles.